The van der Waals surface area contributed by atoms with Crippen LogP contribution in [0, 0.1) is 0 Å². The van der Waals surface area contributed by atoms with E-state index in [4.69, 9.17) is 15.9 Å². The molecule has 0 spiro atoms. The van der Waals surface area contributed by atoms with E-state index < -0.39 is 12.1 Å². The Morgan fingerprint density at radius 2 is 1.92 bits per heavy atom. The molecule has 0 aliphatic carbocycles. The van der Waals surface area contributed by atoms with Gasteiger partial charge < -0.3 is 15.9 Å². The van der Waals surface area contributed by atoms with Crippen LogP contribution in [0.1, 0.15) is 11.7 Å². The van der Waals surface area contributed by atoms with Gasteiger partial charge in [0.25, 0.3) is 0 Å². The molecule has 0 aromatic heterocycles. The van der Waals surface area contributed by atoms with Crippen molar-refractivity contribution in [3.63, 3.8) is 0 Å². The molecule has 66 valence electrons. The number of nitrogen functional groups attached to an aromatic ring is 1. The number of aliphatic carboxylic acids is 1. The first-order valence-corrected chi connectivity index (χ1v) is 3.38. The van der Waals surface area contributed by atoms with E-state index in [0.717, 1.165) is 0 Å². The van der Waals surface area contributed by atoms with Crippen molar-refractivity contribution in [3.05, 3.63) is 29.8 Å². The third-order valence-electron chi connectivity index (χ3n) is 1.52. The quantitative estimate of drug-likeness (QED) is 0.444. The maximum atomic E-state index is 10.3. The third kappa shape index (κ3) is 3.00. The second-order valence-electron chi connectivity index (χ2n) is 2.37. The molecule has 0 radical (unpaired) electrons. The van der Waals surface area contributed by atoms with Crippen LogP contribution < -0.4 is 5.73 Å². The summed E-state index contributed by atoms with van der Waals surface area (Å²) < 4.78 is 0. The third-order valence-corrected chi connectivity index (χ3v) is 1.52. The number of carbonyl (C=O) groups is 1. The van der Waals surface area contributed by atoms with Gasteiger partial charge in [-0.1, -0.05) is 18.2 Å². The summed E-state index contributed by atoms with van der Waals surface area (Å²) in [5.41, 5.74) is 5.95. The molecule has 1 atom stereocenters. The van der Waals surface area contributed by atoms with Gasteiger partial charge in [0.15, 0.2) is 6.10 Å². The van der Waals surface area contributed by atoms with E-state index in [-0.39, 0.29) is 40.8 Å². The predicted molar refractivity (Wildman–Crippen MR) is 50.6 cm³/mol. The van der Waals surface area contributed by atoms with E-state index in [0.29, 0.717) is 0 Å². The number of hydrogen-bond acceptors (Lipinski definition) is 3. The van der Waals surface area contributed by atoms with E-state index >= 15 is 0 Å². The number of nitrogens with two attached hydrogens (primary N) is 1. The van der Waals surface area contributed by atoms with Gasteiger partial charge in [0, 0.05) is 11.3 Å². The standard InChI is InChI=1S/C8H9NO3.Na.H/c9-6-4-2-1-3-5(6)7(10)8(11)12;;/h1-4,7,10H,9H2,(H,11,12);;/t7-;;/m1../s1. The van der Waals surface area contributed by atoms with Crippen molar-refractivity contribution in [2.24, 2.45) is 0 Å². The van der Waals surface area contributed by atoms with Gasteiger partial charge in [-0.05, 0) is 6.07 Å². The fourth-order valence-corrected chi connectivity index (χ4v) is 0.893. The average molecular weight is 191 g/mol. The van der Waals surface area contributed by atoms with Gasteiger partial charge in [0.2, 0.25) is 0 Å². The Hall–Kier alpha value is -0.550. The zero-order valence-corrected chi connectivity index (χ0v) is 6.27. The Bertz CT molecular complexity index is 303. The van der Waals surface area contributed by atoms with Crippen LogP contribution in [0.5, 0.6) is 0 Å². The van der Waals surface area contributed by atoms with Crippen LogP contribution in [0.3, 0.4) is 0 Å². The molecular weight excluding hydrogens is 181 g/mol. The summed E-state index contributed by atoms with van der Waals surface area (Å²) in [5, 5.41) is 17.6. The number of benzene rings is 1. The van der Waals surface area contributed by atoms with Crippen LogP contribution in [0.25, 0.3) is 0 Å². The summed E-state index contributed by atoms with van der Waals surface area (Å²) in [5.74, 6) is -1.30. The molecule has 0 bridgehead atoms. The Kier molecular flexibility index (Phi) is 5.02. The number of hydrogen-bond donors (Lipinski definition) is 3. The minimum atomic E-state index is -1.54. The summed E-state index contributed by atoms with van der Waals surface area (Å²) in [4.78, 5) is 10.3. The fourth-order valence-electron chi connectivity index (χ4n) is 0.893. The normalized spacial score (nSPS) is 11.5. The van der Waals surface area contributed by atoms with Crippen LogP contribution in [0.4, 0.5) is 5.69 Å². The molecule has 1 rings (SSSR count). The summed E-state index contributed by atoms with van der Waals surface area (Å²) in [6.07, 6.45) is -1.54. The Morgan fingerprint density at radius 1 is 1.38 bits per heavy atom. The van der Waals surface area contributed by atoms with Gasteiger partial charge in [-0.15, -0.1) is 0 Å². The number of anilines is 1. The van der Waals surface area contributed by atoms with Crippen LogP contribution in [-0.4, -0.2) is 45.7 Å². The first-order valence-electron chi connectivity index (χ1n) is 3.38. The zero-order valence-electron chi connectivity index (χ0n) is 6.27. The zero-order chi connectivity index (χ0) is 9.14. The molecule has 0 amide bonds. The topological polar surface area (TPSA) is 83.5 Å². The number of carboxylic acid groups (broad SMARTS) is 1. The maximum absolute atomic E-state index is 10.3. The van der Waals surface area contributed by atoms with Crippen LogP contribution in [0.15, 0.2) is 24.3 Å². The molecule has 13 heavy (non-hydrogen) atoms. The number of rotatable bonds is 2. The van der Waals surface area contributed by atoms with Gasteiger partial charge in [0.05, 0.1) is 0 Å². The van der Waals surface area contributed by atoms with E-state index in [1.54, 1.807) is 18.2 Å². The van der Waals surface area contributed by atoms with E-state index in [1.165, 1.54) is 6.07 Å². The fraction of sp³-hybridized carbons (Fsp3) is 0.125. The van der Waals surface area contributed by atoms with Crippen LogP contribution in [0.2, 0.25) is 0 Å². The van der Waals surface area contributed by atoms with Crippen molar-refractivity contribution in [2.75, 3.05) is 5.73 Å². The molecule has 0 fully saturated rings. The molecule has 0 aliphatic heterocycles. The number of carboxylic acids is 1. The van der Waals surface area contributed by atoms with Crippen molar-refractivity contribution in [1.82, 2.24) is 0 Å². The molecule has 0 heterocycles. The minimum absolute atomic E-state index is 0. The van der Waals surface area contributed by atoms with Crippen molar-refractivity contribution in [2.45, 2.75) is 6.10 Å². The monoisotopic (exact) mass is 191 g/mol. The average Bonchev–Trinajstić information content (AvgIpc) is 2.04. The number of aliphatic hydroxyl groups is 1. The second-order valence-corrected chi connectivity index (χ2v) is 2.37. The van der Waals surface area contributed by atoms with Gasteiger partial charge in [-0.3, -0.25) is 0 Å². The van der Waals surface area contributed by atoms with Gasteiger partial charge in [-0.25, -0.2) is 4.79 Å². The Labute approximate surface area is 97.7 Å². The molecule has 0 unspecified atom stereocenters. The summed E-state index contributed by atoms with van der Waals surface area (Å²) in [6.45, 7) is 0. The van der Waals surface area contributed by atoms with E-state index in [2.05, 4.69) is 0 Å². The molecule has 1 aromatic rings. The molecule has 4 nitrogen and oxygen atoms in total. The second kappa shape index (κ2) is 5.24. The summed E-state index contributed by atoms with van der Waals surface area (Å²) in [6, 6.07) is 6.32. The van der Waals surface area contributed by atoms with Crippen molar-refractivity contribution >= 4 is 41.2 Å². The first kappa shape index (κ1) is 12.4. The summed E-state index contributed by atoms with van der Waals surface area (Å²) in [7, 11) is 0. The van der Waals surface area contributed by atoms with Crippen LogP contribution >= 0.6 is 0 Å². The molecule has 4 N–H and O–H groups in total. The van der Waals surface area contributed by atoms with Crippen molar-refractivity contribution in [1.29, 1.82) is 0 Å². The predicted octanol–water partition coefficient (Wildman–Crippen LogP) is -0.262. The molecule has 5 heteroatoms. The van der Waals surface area contributed by atoms with Gasteiger partial charge in [0.1, 0.15) is 0 Å². The molecule has 0 aliphatic rings. The molecule has 0 saturated carbocycles. The van der Waals surface area contributed by atoms with Crippen molar-refractivity contribution < 1.29 is 15.0 Å². The SMILES string of the molecule is Nc1ccccc1[C@@H](O)C(=O)O.[NaH]. The molecule has 0 saturated heterocycles. The Balaban J connectivity index is 0.00000144. The molecule has 1 aromatic carbocycles. The number of aliphatic hydroxyl groups excluding tert-OH is 1. The van der Waals surface area contributed by atoms with Gasteiger partial charge in [-0.2, -0.15) is 0 Å². The summed E-state index contributed by atoms with van der Waals surface area (Å²) >= 11 is 0. The first-order chi connectivity index (χ1) is 5.63. The van der Waals surface area contributed by atoms with Crippen molar-refractivity contribution in [3.8, 4) is 0 Å². The molecular formula is C8H10NNaO3. The van der Waals surface area contributed by atoms with Crippen LogP contribution in [-0.2, 0) is 4.79 Å². The van der Waals surface area contributed by atoms with E-state index in [1.807, 2.05) is 0 Å². The Morgan fingerprint density at radius 3 is 2.38 bits per heavy atom. The van der Waals surface area contributed by atoms with E-state index in [9.17, 15) is 4.79 Å². The number of para-hydroxylation sites is 1. The van der Waals surface area contributed by atoms with Gasteiger partial charge >= 0.3 is 35.5 Å².